The molecule has 0 atom stereocenters. The van der Waals surface area contributed by atoms with Crippen LogP contribution in [0.5, 0.6) is 0 Å². The molecule has 0 unspecified atom stereocenters. The monoisotopic (exact) mass is 263 g/mol. The molecule has 17 heavy (non-hydrogen) atoms. The standard InChI is InChI=1S/C11H8F3NO.ClH/c1-7-6-10(15-16-7)8-4-2-3-5-9(8)11(12,13)14;/h2-6H,1H3;1H. The quantitative estimate of drug-likeness (QED) is 0.774. The SMILES string of the molecule is Cc1cc(-c2ccccc2C(F)(F)F)no1.Cl. The van der Waals surface area contributed by atoms with Crippen molar-refractivity contribution in [3.05, 3.63) is 41.7 Å². The van der Waals surface area contributed by atoms with E-state index in [-0.39, 0.29) is 23.7 Å². The minimum Gasteiger partial charge on any atom is -0.361 e. The van der Waals surface area contributed by atoms with Crippen molar-refractivity contribution in [3.63, 3.8) is 0 Å². The summed E-state index contributed by atoms with van der Waals surface area (Å²) in [5, 5.41) is 3.59. The zero-order chi connectivity index (χ0) is 11.8. The van der Waals surface area contributed by atoms with Crippen molar-refractivity contribution in [1.82, 2.24) is 5.16 Å². The molecule has 0 amide bonds. The van der Waals surface area contributed by atoms with Gasteiger partial charge in [0.25, 0.3) is 0 Å². The summed E-state index contributed by atoms with van der Waals surface area (Å²) >= 11 is 0. The van der Waals surface area contributed by atoms with Crippen LogP contribution >= 0.6 is 12.4 Å². The van der Waals surface area contributed by atoms with Crippen LogP contribution in [0, 0.1) is 6.92 Å². The Labute approximate surface area is 102 Å². The molecule has 0 radical (unpaired) electrons. The maximum Gasteiger partial charge on any atom is 0.417 e. The summed E-state index contributed by atoms with van der Waals surface area (Å²) in [4.78, 5) is 0. The molecule has 1 aromatic carbocycles. The van der Waals surface area contributed by atoms with Crippen LogP contribution in [0.25, 0.3) is 11.3 Å². The summed E-state index contributed by atoms with van der Waals surface area (Å²) in [5.74, 6) is 0.479. The summed E-state index contributed by atoms with van der Waals surface area (Å²) in [5.41, 5.74) is -0.472. The van der Waals surface area contributed by atoms with Gasteiger partial charge in [-0.2, -0.15) is 13.2 Å². The molecule has 0 aliphatic heterocycles. The minimum absolute atomic E-state index is 0. The predicted octanol–water partition coefficient (Wildman–Crippen LogP) is 4.09. The molecule has 0 N–H and O–H groups in total. The first kappa shape index (κ1) is 13.6. The zero-order valence-electron chi connectivity index (χ0n) is 8.78. The molecule has 6 heteroatoms. The molecule has 1 heterocycles. The average molecular weight is 264 g/mol. The van der Waals surface area contributed by atoms with Crippen LogP contribution in [-0.2, 0) is 6.18 Å². The molecular weight excluding hydrogens is 255 g/mol. The van der Waals surface area contributed by atoms with Crippen molar-refractivity contribution in [2.24, 2.45) is 0 Å². The molecule has 1 aromatic heterocycles. The second-order valence-corrected chi connectivity index (χ2v) is 3.37. The summed E-state index contributed by atoms with van der Waals surface area (Å²) in [6.07, 6.45) is -4.39. The number of nitrogens with zero attached hydrogens (tertiary/aromatic N) is 1. The zero-order valence-corrected chi connectivity index (χ0v) is 9.60. The van der Waals surface area contributed by atoms with Gasteiger partial charge in [-0.25, -0.2) is 0 Å². The van der Waals surface area contributed by atoms with Crippen molar-refractivity contribution >= 4 is 12.4 Å². The Hall–Kier alpha value is -1.49. The molecule has 0 fully saturated rings. The van der Waals surface area contributed by atoms with E-state index in [4.69, 9.17) is 4.52 Å². The van der Waals surface area contributed by atoms with Crippen molar-refractivity contribution < 1.29 is 17.7 Å². The number of aryl methyl sites for hydroxylation is 1. The van der Waals surface area contributed by atoms with Crippen LogP contribution in [-0.4, -0.2) is 5.16 Å². The fourth-order valence-corrected chi connectivity index (χ4v) is 1.45. The van der Waals surface area contributed by atoms with Gasteiger partial charge in [-0.15, -0.1) is 12.4 Å². The van der Waals surface area contributed by atoms with Gasteiger partial charge in [0.05, 0.1) is 5.56 Å². The van der Waals surface area contributed by atoms with E-state index in [1.54, 1.807) is 6.92 Å². The summed E-state index contributed by atoms with van der Waals surface area (Å²) < 4.78 is 42.8. The van der Waals surface area contributed by atoms with Gasteiger partial charge in [0.1, 0.15) is 11.5 Å². The van der Waals surface area contributed by atoms with Gasteiger partial charge in [-0.05, 0) is 13.0 Å². The number of hydrogen-bond donors (Lipinski definition) is 0. The molecule has 0 spiro atoms. The van der Waals surface area contributed by atoms with Crippen LogP contribution in [0.1, 0.15) is 11.3 Å². The van der Waals surface area contributed by atoms with E-state index >= 15 is 0 Å². The van der Waals surface area contributed by atoms with E-state index in [9.17, 15) is 13.2 Å². The third-order valence-corrected chi connectivity index (χ3v) is 2.14. The first-order chi connectivity index (χ1) is 7.48. The van der Waals surface area contributed by atoms with Gasteiger partial charge < -0.3 is 4.52 Å². The minimum atomic E-state index is -4.39. The highest BCUT2D eigenvalue weighted by atomic mass is 35.5. The molecule has 0 saturated heterocycles. The number of alkyl halides is 3. The summed E-state index contributed by atoms with van der Waals surface area (Å²) in [7, 11) is 0. The maximum atomic E-state index is 12.7. The van der Waals surface area contributed by atoms with E-state index in [1.165, 1.54) is 24.3 Å². The Morgan fingerprint density at radius 3 is 2.35 bits per heavy atom. The smallest absolute Gasteiger partial charge is 0.361 e. The normalized spacial score (nSPS) is 11.1. The highest BCUT2D eigenvalue weighted by Crippen LogP contribution is 2.36. The molecule has 0 aliphatic carbocycles. The predicted molar refractivity (Wildman–Crippen MR) is 58.9 cm³/mol. The molecule has 0 saturated carbocycles. The lowest BCUT2D eigenvalue weighted by molar-refractivity contribution is -0.137. The fraction of sp³-hybridized carbons (Fsp3) is 0.182. The number of rotatable bonds is 1. The first-order valence-electron chi connectivity index (χ1n) is 4.58. The number of aromatic nitrogens is 1. The number of benzene rings is 1. The van der Waals surface area contributed by atoms with E-state index < -0.39 is 11.7 Å². The van der Waals surface area contributed by atoms with Crippen molar-refractivity contribution in [3.8, 4) is 11.3 Å². The molecule has 0 aliphatic rings. The third-order valence-electron chi connectivity index (χ3n) is 2.14. The van der Waals surface area contributed by atoms with Gasteiger partial charge in [0, 0.05) is 11.6 Å². The average Bonchev–Trinajstić information content (AvgIpc) is 2.64. The van der Waals surface area contributed by atoms with Crippen molar-refractivity contribution in [2.45, 2.75) is 13.1 Å². The molecule has 2 nitrogen and oxygen atoms in total. The molecular formula is C11H9ClF3NO. The van der Waals surface area contributed by atoms with Gasteiger partial charge in [0.15, 0.2) is 0 Å². The molecule has 2 aromatic rings. The second kappa shape index (κ2) is 4.79. The molecule has 2 rings (SSSR count). The number of halogens is 4. The van der Waals surface area contributed by atoms with Gasteiger partial charge in [-0.3, -0.25) is 0 Å². The Kier molecular flexibility index (Phi) is 3.83. The fourth-order valence-electron chi connectivity index (χ4n) is 1.45. The highest BCUT2D eigenvalue weighted by Gasteiger charge is 2.33. The second-order valence-electron chi connectivity index (χ2n) is 3.37. The summed E-state index contributed by atoms with van der Waals surface area (Å²) in [6, 6.07) is 6.76. The van der Waals surface area contributed by atoms with Gasteiger partial charge in [-0.1, -0.05) is 23.4 Å². The molecule has 0 bridgehead atoms. The Morgan fingerprint density at radius 1 is 1.18 bits per heavy atom. The van der Waals surface area contributed by atoms with Gasteiger partial charge in [0.2, 0.25) is 0 Å². The van der Waals surface area contributed by atoms with Gasteiger partial charge >= 0.3 is 6.18 Å². The van der Waals surface area contributed by atoms with Crippen LogP contribution in [0.3, 0.4) is 0 Å². The van der Waals surface area contributed by atoms with E-state index in [0.717, 1.165) is 6.07 Å². The lowest BCUT2D eigenvalue weighted by Crippen LogP contribution is -2.06. The lowest BCUT2D eigenvalue weighted by Gasteiger charge is -2.10. The summed E-state index contributed by atoms with van der Waals surface area (Å²) in [6.45, 7) is 1.63. The largest absolute Gasteiger partial charge is 0.417 e. The van der Waals surface area contributed by atoms with Crippen LogP contribution < -0.4 is 0 Å². The maximum absolute atomic E-state index is 12.7. The van der Waals surface area contributed by atoms with E-state index in [1.807, 2.05) is 0 Å². The topological polar surface area (TPSA) is 26.0 Å². The van der Waals surface area contributed by atoms with E-state index in [2.05, 4.69) is 5.16 Å². The van der Waals surface area contributed by atoms with Crippen molar-refractivity contribution in [1.29, 1.82) is 0 Å². The highest BCUT2D eigenvalue weighted by molar-refractivity contribution is 5.85. The first-order valence-corrected chi connectivity index (χ1v) is 4.58. The Balaban J connectivity index is 0.00000144. The third kappa shape index (κ3) is 2.79. The van der Waals surface area contributed by atoms with E-state index in [0.29, 0.717) is 5.76 Å². The van der Waals surface area contributed by atoms with Crippen LogP contribution in [0.2, 0.25) is 0 Å². The molecule has 92 valence electrons. The van der Waals surface area contributed by atoms with Crippen LogP contribution in [0.15, 0.2) is 34.9 Å². The lowest BCUT2D eigenvalue weighted by atomic mass is 10.0. The Morgan fingerprint density at radius 2 is 1.82 bits per heavy atom. The number of hydrogen-bond acceptors (Lipinski definition) is 2. The van der Waals surface area contributed by atoms with Crippen LogP contribution in [0.4, 0.5) is 13.2 Å². The van der Waals surface area contributed by atoms with Crippen molar-refractivity contribution in [2.75, 3.05) is 0 Å². The Bertz CT molecular complexity index is 507.